The fraction of sp³-hybridized carbons (Fsp3) is 0.353. The molecule has 0 bridgehead atoms. The molecule has 136 valence electrons. The van der Waals surface area contributed by atoms with Crippen molar-refractivity contribution in [2.45, 2.75) is 31.7 Å². The number of carbonyl (C=O) groups excluding carboxylic acids is 1. The number of nitrogens with zero attached hydrogens (tertiary/aromatic N) is 1. The van der Waals surface area contributed by atoms with Crippen molar-refractivity contribution in [3.05, 3.63) is 52.4 Å². The summed E-state index contributed by atoms with van der Waals surface area (Å²) in [4.78, 5) is 12.4. The van der Waals surface area contributed by atoms with E-state index in [4.69, 9.17) is 4.42 Å². The summed E-state index contributed by atoms with van der Waals surface area (Å²) in [7, 11) is -3.48. The molecule has 2 rings (SSSR count). The van der Waals surface area contributed by atoms with Crippen LogP contribution in [0.25, 0.3) is 0 Å². The Balaban J connectivity index is 2.12. The van der Waals surface area contributed by atoms with Crippen molar-refractivity contribution < 1.29 is 17.6 Å². The van der Waals surface area contributed by atoms with Crippen LogP contribution in [0.3, 0.4) is 0 Å². The first-order valence-electron chi connectivity index (χ1n) is 7.95. The molecule has 1 N–H and O–H groups in total. The van der Waals surface area contributed by atoms with E-state index in [1.54, 1.807) is 50.2 Å². The Bertz CT molecular complexity index is 827. The number of sulfonamides is 1. The first-order chi connectivity index (χ1) is 11.8. The summed E-state index contributed by atoms with van der Waals surface area (Å²) < 4.78 is 32.1. The van der Waals surface area contributed by atoms with Crippen molar-refractivity contribution >= 4 is 31.9 Å². The van der Waals surface area contributed by atoms with Gasteiger partial charge in [-0.1, -0.05) is 26.0 Å². The number of furan rings is 1. The van der Waals surface area contributed by atoms with Gasteiger partial charge in [0.2, 0.25) is 10.0 Å². The zero-order chi connectivity index (χ0) is 18.6. The molecule has 25 heavy (non-hydrogen) atoms. The highest BCUT2D eigenvalue weighted by molar-refractivity contribution is 9.10. The Morgan fingerprint density at radius 1 is 1.16 bits per heavy atom. The number of benzene rings is 1. The average molecular weight is 429 g/mol. The first kappa shape index (κ1) is 19.7. The highest BCUT2D eigenvalue weighted by Crippen LogP contribution is 2.20. The minimum atomic E-state index is -3.48. The third-order valence-electron chi connectivity index (χ3n) is 3.87. The summed E-state index contributed by atoms with van der Waals surface area (Å²) in [6, 6.07) is 9.48. The van der Waals surface area contributed by atoms with Gasteiger partial charge in [-0.3, -0.25) is 4.79 Å². The second-order valence-corrected chi connectivity index (χ2v) is 8.18. The predicted molar refractivity (Wildman–Crippen MR) is 98.8 cm³/mol. The topological polar surface area (TPSA) is 79.6 Å². The van der Waals surface area contributed by atoms with Gasteiger partial charge >= 0.3 is 0 Å². The smallest absolute Gasteiger partial charge is 0.287 e. The van der Waals surface area contributed by atoms with Crippen molar-refractivity contribution in [1.29, 1.82) is 0 Å². The van der Waals surface area contributed by atoms with Crippen molar-refractivity contribution in [1.82, 2.24) is 9.62 Å². The van der Waals surface area contributed by atoms with E-state index >= 15 is 0 Å². The van der Waals surface area contributed by atoms with E-state index in [1.807, 2.05) is 6.92 Å². The molecule has 1 aromatic heterocycles. The summed E-state index contributed by atoms with van der Waals surface area (Å²) in [5.41, 5.74) is 0.803. The predicted octanol–water partition coefficient (Wildman–Crippen LogP) is 3.56. The van der Waals surface area contributed by atoms with Crippen LogP contribution in [0.1, 0.15) is 42.9 Å². The lowest BCUT2D eigenvalue weighted by Crippen LogP contribution is -2.30. The Morgan fingerprint density at radius 3 is 2.24 bits per heavy atom. The Hall–Kier alpha value is -1.64. The monoisotopic (exact) mass is 428 g/mol. The van der Waals surface area contributed by atoms with Crippen LogP contribution in [-0.2, 0) is 10.0 Å². The number of carbonyl (C=O) groups is 1. The fourth-order valence-corrected chi connectivity index (χ4v) is 4.19. The van der Waals surface area contributed by atoms with Gasteiger partial charge in [0.25, 0.3) is 5.91 Å². The Morgan fingerprint density at radius 2 is 1.76 bits per heavy atom. The van der Waals surface area contributed by atoms with Gasteiger partial charge in [-0.15, -0.1) is 0 Å². The molecule has 1 unspecified atom stereocenters. The molecule has 6 nitrogen and oxygen atoms in total. The molecular weight excluding hydrogens is 408 g/mol. The van der Waals surface area contributed by atoms with E-state index in [2.05, 4.69) is 21.2 Å². The number of nitrogens with one attached hydrogen (secondary N) is 1. The highest BCUT2D eigenvalue weighted by Gasteiger charge is 2.22. The molecule has 0 aliphatic heterocycles. The summed E-state index contributed by atoms with van der Waals surface area (Å²) in [5.74, 6) is -0.127. The van der Waals surface area contributed by atoms with Crippen molar-refractivity contribution in [3.8, 4) is 0 Å². The van der Waals surface area contributed by atoms with E-state index in [0.717, 1.165) is 5.56 Å². The molecule has 1 amide bonds. The molecule has 8 heteroatoms. The third kappa shape index (κ3) is 4.50. The second-order valence-electron chi connectivity index (χ2n) is 5.46. The van der Waals surface area contributed by atoms with Crippen LogP contribution in [0.5, 0.6) is 0 Å². The molecule has 0 saturated heterocycles. The van der Waals surface area contributed by atoms with Crippen LogP contribution in [0.15, 0.2) is 50.4 Å². The zero-order valence-electron chi connectivity index (χ0n) is 14.3. The molecule has 2 aromatic rings. The first-order valence-corrected chi connectivity index (χ1v) is 10.2. The van der Waals surface area contributed by atoms with E-state index < -0.39 is 10.0 Å². The maximum Gasteiger partial charge on any atom is 0.287 e. The molecule has 1 heterocycles. The molecule has 0 aliphatic rings. The van der Waals surface area contributed by atoms with Crippen LogP contribution in [-0.4, -0.2) is 31.7 Å². The van der Waals surface area contributed by atoms with E-state index in [1.165, 1.54) is 4.31 Å². The normalized spacial score (nSPS) is 13.0. The lowest BCUT2D eigenvalue weighted by Gasteiger charge is -2.19. The number of hydrogen-bond donors (Lipinski definition) is 1. The number of rotatable bonds is 7. The maximum atomic E-state index is 12.5. The van der Waals surface area contributed by atoms with Gasteiger partial charge in [0.05, 0.1) is 10.9 Å². The summed E-state index contributed by atoms with van der Waals surface area (Å²) in [5, 5.41) is 2.82. The van der Waals surface area contributed by atoms with Gasteiger partial charge in [0.1, 0.15) is 0 Å². The number of amides is 1. The zero-order valence-corrected chi connectivity index (χ0v) is 16.7. The third-order valence-corrected chi connectivity index (χ3v) is 6.36. The van der Waals surface area contributed by atoms with E-state index in [-0.39, 0.29) is 22.6 Å². The average Bonchev–Trinajstić information content (AvgIpc) is 3.02. The SMILES string of the molecule is CCN(CC)S(=O)(=O)c1ccc(C(C)NC(=O)c2ccc(Br)o2)cc1. The van der Waals surface area contributed by atoms with Gasteiger partial charge in [-0.25, -0.2) is 8.42 Å². The van der Waals surface area contributed by atoms with Crippen molar-refractivity contribution in [2.75, 3.05) is 13.1 Å². The molecule has 0 fully saturated rings. The van der Waals surface area contributed by atoms with Crippen molar-refractivity contribution in [2.24, 2.45) is 0 Å². The molecule has 1 atom stereocenters. The van der Waals surface area contributed by atoms with Gasteiger partial charge in [0, 0.05) is 13.1 Å². The van der Waals surface area contributed by atoms with E-state index in [9.17, 15) is 13.2 Å². The largest absolute Gasteiger partial charge is 0.444 e. The number of hydrogen-bond acceptors (Lipinski definition) is 4. The van der Waals surface area contributed by atoms with Gasteiger partial charge in [-0.05, 0) is 52.7 Å². The van der Waals surface area contributed by atoms with Gasteiger partial charge < -0.3 is 9.73 Å². The molecule has 0 radical (unpaired) electrons. The van der Waals surface area contributed by atoms with Crippen LogP contribution >= 0.6 is 15.9 Å². The molecule has 0 aliphatic carbocycles. The van der Waals surface area contributed by atoms with Crippen molar-refractivity contribution in [3.63, 3.8) is 0 Å². The van der Waals surface area contributed by atoms with Crippen LogP contribution in [0, 0.1) is 0 Å². The second kappa shape index (κ2) is 8.16. The minimum Gasteiger partial charge on any atom is -0.444 e. The summed E-state index contributed by atoms with van der Waals surface area (Å²) >= 11 is 3.15. The van der Waals surface area contributed by atoms with Crippen LogP contribution in [0.2, 0.25) is 0 Å². The van der Waals surface area contributed by atoms with Gasteiger partial charge in [-0.2, -0.15) is 4.31 Å². The quantitative estimate of drug-likeness (QED) is 0.730. The van der Waals surface area contributed by atoms with Crippen LogP contribution in [0.4, 0.5) is 0 Å². The van der Waals surface area contributed by atoms with Gasteiger partial charge in [0.15, 0.2) is 10.4 Å². The standard InChI is InChI=1S/C17H21BrN2O4S/c1-4-20(5-2)25(22,23)14-8-6-13(7-9-14)12(3)19-17(21)15-10-11-16(18)24-15/h6-12H,4-5H2,1-3H3,(H,19,21). The number of halogens is 1. The van der Waals surface area contributed by atoms with Crippen LogP contribution < -0.4 is 5.32 Å². The fourth-order valence-electron chi connectivity index (χ4n) is 2.43. The lowest BCUT2D eigenvalue weighted by molar-refractivity contribution is 0.0910. The Labute approximate surface area is 156 Å². The highest BCUT2D eigenvalue weighted by atomic mass is 79.9. The van der Waals surface area contributed by atoms with E-state index in [0.29, 0.717) is 17.8 Å². The maximum absolute atomic E-state index is 12.5. The molecule has 0 saturated carbocycles. The minimum absolute atomic E-state index is 0.208. The summed E-state index contributed by atoms with van der Waals surface area (Å²) in [6.07, 6.45) is 0. The molecule has 1 aromatic carbocycles. The summed E-state index contributed by atoms with van der Waals surface area (Å²) in [6.45, 7) is 6.28. The lowest BCUT2D eigenvalue weighted by atomic mass is 10.1. The molecule has 0 spiro atoms. The molecular formula is C17H21BrN2O4S. The Kier molecular flexibility index (Phi) is 6.42.